The van der Waals surface area contributed by atoms with E-state index in [4.69, 9.17) is 0 Å². The zero-order valence-corrected chi connectivity index (χ0v) is 38.8. The van der Waals surface area contributed by atoms with Crippen LogP contribution in [0.5, 0.6) is 0 Å². The number of hydrogen-bond donors (Lipinski definition) is 0. The van der Waals surface area contributed by atoms with E-state index in [0.717, 1.165) is 17.1 Å². The molecule has 318 valence electrons. The zero-order valence-electron chi connectivity index (χ0n) is 37.2. The van der Waals surface area contributed by atoms with Crippen molar-refractivity contribution >= 4 is 62.4 Å². The van der Waals surface area contributed by atoms with Gasteiger partial charge in [-0.1, -0.05) is 201 Å². The van der Waals surface area contributed by atoms with Gasteiger partial charge in [0.1, 0.15) is 0 Å². The first kappa shape index (κ1) is 39.8. The Morgan fingerprint density at radius 3 is 1.45 bits per heavy atom. The molecule has 0 spiro atoms. The highest BCUT2D eigenvalue weighted by atomic mass is 32.2. The average molecular weight is 893 g/mol. The summed E-state index contributed by atoms with van der Waals surface area (Å²) in [5.74, 6) is 0. The second-order valence-corrected chi connectivity index (χ2v) is 20.2. The van der Waals surface area contributed by atoms with Crippen molar-refractivity contribution in [2.75, 3.05) is 4.90 Å². The quantitative estimate of drug-likeness (QED) is 0.158. The lowest BCUT2D eigenvalue weighted by molar-refractivity contribution is 0.664. The molecule has 4 heteroatoms. The summed E-state index contributed by atoms with van der Waals surface area (Å²) >= 11 is 3.80. The molecule has 10 aromatic carbocycles. The molecule has 0 amide bonds. The maximum absolute atomic E-state index is 2.59. The Kier molecular flexibility index (Phi) is 9.42. The predicted molar refractivity (Wildman–Crippen MR) is 284 cm³/mol. The molecule has 2 nitrogen and oxygen atoms in total. The van der Waals surface area contributed by atoms with E-state index in [-0.39, 0.29) is 5.41 Å². The standard InChI is InChI=1S/C63H44N2S2/c1-63(2)55-18-10-9-17-51(55)52-37-38-53-54-39-40-58-62(67-57-20-12-11-19-56(57)66-58)61(54)65(60(53)59(52)63)50-35-29-46(30-36-50)43-23-21-42(22-24-43)45-27-33-49(34-28-45)64(47-15-7-4-8-16-47)48-31-25-44(26-32-48)41-13-5-3-6-14-41/h3-40H,1-2H3. The van der Waals surface area contributed by atoms with Crippen LogP contribution in [0.4, 0.5) is 17.1 Å². The number of rotatable bonds is 7. The number of aromatic nitrogens is 1. The summed E-state index contributed by atoms with van der Waals surface area (Å²) in [6.45, 7) is 4.81. The first-order valence-electron chi connectivity index (χ1n) is 23.0. The van der Waals surface area contributed by atoms with Gasteiger partial charge in [-0.2, -0.15) is 0 Å². The zero-order chi connectivity index (χ0) is 44.6. The molecule has 0 unspecified atom stereocenters. The van der Waals surface area contributed by atoms with Crippen LogP contribution in [0.3, 0.4) is 0 Å². The lowest BCUT2D eigenvalue weighted by Gasteiger charge is -2.26. The van der Waals surface area contributed by atoms with Crippen molar-refractivity contribution in [2.24, 2.45) is 0 Å². The Labute approximate surface area is 400 Å². The second kappa shape index (κ2) is 15.8. The lowest BCUT2D eigenvalue weighted by Crippen LogP contribution is -2.16. The molecule has 0 atom stereocenters. The molecule has 0 saturated heterocycles. The van der Waals surface area contributed by atoms with Crippen molar-refractivity contribution in [2.45, 2.75) is 38.8 Å². The minimum Gasteiger partial charge on any atom is -0.311 e. The molecule has 1 aromatic heterocycles. The molecule has 1 aliphatic carbocycles. The summed E-state index contributed by atoms with van der Waals surface area (Å²) < 4.78 is 2.59. The molecular formula is C63H44N2S2. The third-order valence-electron chi connectivity index (χ3n) is 13.9. The van der Waals surface area contributed by atoms with Gasteiger partial charge in [0.15, 0.2) is 0 Å². The number of benzene rings is 10. The maximum atomic E-state index is 2.59. The van der Waals surface area contributed by atoms with E-state index in [2.05, 4.69) is 254 Å². The van der Waals surface area contributed by atoms with Crippen molar-refractivity contribution in [1.29, 1.82) is 0 Å². The van der Waals surface area contributed by atoms with Crippen LogP contribution in [0.15, 0.2) is 250 Å². The molecule has 0 radical (unpaired) electrons. The smallest absolute Gasteiger partial charge is 0.0692 e. The van der Waals surface area contributed by atoms with E-state index in [9.17, 15) is 0 Å². The summed E-state index contributed by atoms with van der Waals surface area (Å²) in [7, 11) is 0. The number of fused-ring (bicyclic) bond motifs is 10. The summed E-state index contributed by atoms with van der Waals surface area (Å²) in [6.07, 6.45) is 0. The minimum atomic E-state index is -0.162. The van der Waals surface area contributed by atoms with Gasteiger partial charge < -0.3 is 9.47 Å². The normalized spacial score (nSPS) is 13.2. The Morgan fingerprint density at radius 1 is 0.358 bits per heavy atom. The number of hydrogen-bond acceptors (Lipinski definition) is 3. The van der Waals surface area contributed by atoms with Gasteiger partial charge in [-0.15, -0.1) is 0 Å². The monoisotopic (exact) mass is 892 g/mol. The molecule has 2 heterocycles. The van der Waals surface area contributed by atoms with Gasteiger partial charge >= 0.3 is 0 Å². The summed E-state index contributed by atoms with van der Waals surface area (Å²) in [6, 6.07) is 84.5. The predicted octanol–water partition coefficient (Wildman–Crippen LogP) is 18.2. The molecule has 0 fully saturated rings. The molecule has 1 aliphatic heterocycles. The van der Waals surface area contributed by atoms with Crippen molar-refractivity contribution in [1.82, 2.24) is 4.57 Å². The molecule has 67 heavy (non-hydrogen) atoms. The van der Waals surface area contributed by atoms with E-state index < -0.39 is 0 Å². The molecule has 0 saturated carbocycles. The first-order valence-corrected chi connectivity index (χ1v) is 24.6. The fourth-order valence-electron chi connectivity index (χ4n) is 10.6. The van der Waals surface area contributed by atoms with Crippen LogP contribution < -0.4 is 4.90 Å². The van der Waals surface area contributed by atoms with Crippen molar-refractivity contribution in [3.63, 3.8) is 0 Å². The highest BCUT2D eigenvalue weighted by Gasteiger charge is 2.39. The Bertz CT molecular complexity index is 3670. The van der Waals surface area contributed by atoms with Crippen LogP contribution in [-0.2, 0) is 5.41 Å². The highest BCUT2D eigenvalue weighted by molar-refractivity contribution is 8.05. The topological polar surface area (TPSA) is 8.17 Å². The Morgan fingerprint density at radius 2 is 0.821 bits per heavy atom. The van der Waals surface area contributed by atoms with Gasteiger partial charge in [-0.3, -0.25) is 0 Å². The van der Waals surface area contributed by atoms with Crippen molar-refractivity contribution in [3.05, 3.63) is 242 Å². The maximum Gasteiger partial charge on any atom is 0.0692 e. The molecule has 0 N–H and O–H groups in total. The van der Waals surface area contributed by atoms with Crippen LogP contribution in [0.1, 0.15) is 25.0 Å². The average Bonchev–Trinajstić information content (AvgIpc) is 3.85. The van der Waals surface area contributed by atoms with E-state index in [1.807, 2.05) is 23.5 Å². The van der Waals surface area contributed by atoms with Gasteiger partial charge in [0.05, 0.1) is 15.9 Å². The van der Waals surface area contributed by atoms with Gasteiger partial charge in [0.2, 0.25) is 0 Å². The Balaban J connectivity index is 0.847. The number of nitrogens with zero attached hydrogens (tertiary/aromatic N) is 2. The van der Waals surface area contributed by atoms with Crippen LogP contribution in [0.25, 0.3) is 72.0 Å². The van der Waals surface area contributed by atoms with E-state index in [1.54, 1.807) is 0 Å². The molecule has 11 aromatic rings. The lowest BCUT2D eigenvalue weighted by atomic mass is 9.81. The highest BCUT2D eigenvalue weighted by Crippen LogP contribution is 2.56. The SMILES string of the molecule is CC1(C)c2ccccc2-c2ccc3c4ccc5c(c4n(-c4ccc(-c6ccc(-c7ccc(N(c8ccccc8)c8ccc(-c9ccccc9)cc8)cc7)cc6)cc4)c3c21)Sc1ccccc1S5. The fourth-order valence-corrected chi connectivity index (χ4v) is 13.0. The molecule has 13 rings (SSSR count). The van der Waals surface area contributed by atoms with Gasteiger partial charge in [0.25, 0.3) is 0 Å². The van der Waals surface area contributed by atoms with Crippen molar-refractivity contribution < 1.29 is 0 Å². The van der Waals surface area contributed by atoms with E-state index in [1.165, 1.54) is 103 Å². The van der Waals surface area contributed by atoms with Crippen molar-refractivity contribution in [3.8, 4) is 50.2 Å². The number of para-hydroxylation sites is 1. The van der Waals surface area contributed by atoms with Crippen LogP contribution in [-0.4, -0.2) is 4.57 Å². The van der Waals surface area contributed by atoms with Gasteiger partial charge in [-0.05, 0) is 122 Å². The van der Waals surface area contributed by atoms with Crippen LogP contribution in [0, 0.1) is 0 Å². The summed E-state index contributed by atoms with van der Waals surface area (Å²) in [5, 5.41) is 2.61. The molecule has 2 aliphatic rings. The third-order valence-corrected chi connectivity index (χ3v) is 16.4. The largest absolute Gasteiger partial charge is 0.311 e. The second-order valence-electron chi connectivity index (χ2n) is 18.1. The fraction of sp³-hybridized carbons (Fsp3) is 0.0476. The number of anilines is 3. The molecule has 0 bridgehead atoms. The minimum absolute atomic E-state index is 0.162. The summed E-state index contributed by atoms with van der Waals surface area (Å²) in [5.41, 5.74) is 19.6. The van der Waals surface area contributed by atoms with Crippen LogP contribution >= 0.6 is 23.5 Å². The van der Waals surface area contributed by atoms with Gasteiger partial charge in [-0.25, -0.2) is 0 Å². The van der Waals surface area contributed by atoms with Crippen LogP contribution in [0.2, 0.25) is 0 Å². The van der Waals surface area contributed by atoms with E-state index >= 15 is 0 Å². The Hall–Kier alpha value is -7.50. The molecular weight excluding hydrogens is 849 g/mol. The first-order chi connectivity index (χ1) is 33.0. The summed E-state index contributed by atoms with van der Waals surface area (Å²) in [4.78, 5) is 7.60. The third kappa shape index (κ3) is 6.58. The van der Waals surface area contributed by atoms with E-state index in [0.29, 0.717) is 0 Å². The van der Waals surface area contributed by atoms with Gasteiger partial charge in [0, 0.05) is 53.6 Å².